The molecule has 2 saturated heterocycles. The fourth-order valence-corrected chi connectivity index (χ4v) is 3.42. The number of thiocarbonyl (C=S) groups is 1. The van der Waals surface area contributed by atoms with E-state index in [1.165, 1.54) is 4.90 Å². The molecule has 10 heteroatoms. The molecule has 2 fully saturated rings. The van der Waals surface area contributed by atoms with Gasteiger partial charge in [-0.1, -0.05) is 12.2 Å². The lowest BCUT2D eigenvalue weighted by Gasteiger charge is -2.35. The van der Waals surface area contributed by atoms with E-state index in [9.17, 15) is 13.6 Å². The van der Waals surface area contributed by atoms with Crippen LogP contribution in [0.2, 0.25) is 0 Å². The SMILES string of the molecule is CC(=S)NC[C@H]1CN(c2cc(F)c(N3CCN(CC#N)CC3)c(F)c2)C(=O)O1. The van der Waals surface area contributed by atoms with Gasteiger partial charge >= 0.3 is 6.09 Å². The minimum absolute atomic E-state index is 0.109. The Morgan fingerprint density at radius 1 is 1.32 bits per heavy atom. The average Bonchev–Trinajstić information content (AvgIpc) is 3.02. The number of nitrogens with zero attached hydrogens (tertiary/aromatic N) is 4. The first-order valence-corrected chi connectivity index (χ1v) is 9.35. The van der Waals surface area contributed by atoms with Gasteiger partial charge in [-0.3, -0.25) is 9.80 Å². The normalized spacial score (nSPS) is 20.1. The van der Waals surface area contributed by atoms with E-state index in [4.69, 9.17) is 22.2 Å². The van der Waals surface area contributed by atoms with Crippen molar-refractivity contribution in [3.05, 3.63) is 23.8 Å². The van der Waals surface area contributed by atoms with Gasteiger partial charge in [0.25, 0.3) is 0 Å². The van der Waals surface area contributed by atoms with Crippen molar-refractivity contribution >= 4 is 34.7 Å². The summed E-state index contributed by atoms with van der Waals surface area (Å²) in [5.41, 5.74) is 0.0101. The number of halogens is 2. The van der Waals surface area contributed by atoms with Gasteiger partial charge in [0.15, 0.2) is 11.6 Å². The molecule has 1 aromatic carbocycles. The smallest absolute Gasteiger partial charge is 0.414 e. The highest BCUT2D eigenvalue weighted by molar-refractivity contribution is 7.80. The zero-order chi connectivity index (χ0) is 20.3. The summed E-state index contributed by atoms with van der Waals surface area (Å²) in [5, 5.41) is 11.7. The van der Waals surface area contributed by atoms with Gasteiger partial charge < -0.3 is 15.0 Å². The standard InChI is InChI=1S/C18H21F2N5O2S/c1-12(28)22-10-14-11-25(18(26)27-14)13-8-15(19)17(16(20)9-13)24-6-4-23(3-2-21)5-7-24/h8-9,14H,3-7,10-11H2,1H3,(H,22,28)/t14-/m0/s1. The molecule has 1 amide bonds. The summed E-state index contributed by atoms with van der Waals surface area (Å²) in [6, 6.07) is 4.38. The van der Waals surface area contributed by atoms with Crippen LogP contribution in [0.25, 0.3) is 0 Å². The van der Waals surface area contributed by atoms with Crippen molar-refractivity contribution in [1.29, 1.82) is 5.26 Å². The molecule has 0 aliphatic carbocycles. The summed E-state index contributed by atoms with van der Waals surface area (Å²) < 4.78 is 34.7. The molecule has 0 aromatic heterocycles. The molecule has 0 radical (unpaired) electrons. The number of anilines is 2. The van der Waals surface area contributed by atoms with Crippen LogP contribution in [0.3, 0.4) is 0 Å². The molecule has 150 valence electrons. The molecular weight excluding hydrogens is 388 g/mol. The van der Waals surface area contributed by atoms with E-state index in [1.807, 2.05) is 4.90 Å². The summed E-state index contributed by atoms with van der Waals surface area (Å²) in [6.45, 7) is 4.49. The largest absolute Gasteiger partial charge is 0.442 e. The molecule has 2 aliphatic heterocycles. The van der Waals surface area contributed by atoms with E-state index in [-0.39, 0.29) is 17.9 Å². The maximum atomic E-state index is 14.7. The van der Waals surface area contributed by atoms with E-state index in [1.54, 1.807) is 11.8 Å². The van der Waals surface area contributed by atoms with E-state index < -0.39 is 23.8 Å². The monoisotopic (exact) mass is 409 g/mol. The average molecular weight is 409 g/mol. The zero-order valence-electron chi connectivity index (χ0n) is 15.5. The van der Waals surface area contributed by atoms with Crippen molar-refractivity contribution in [2.45, 2.75) is 13.0 Å². The highest BCUT2D eigenvalue weighted by atomic mass is 32.1. The first-order chi connectivity index (χ1) is 13.4. The van der Waals surface area contributed by atoms with Crippen molar-refractivity contribution in [2.24, 2.45) is 0 Å². The predicted molar refractivity (Wildman–Crippen MR) is 105 cm³/mol. The predicted octanol–water partition coefficient (Wildman–Crippen LogP) is 1.87. The van der Waals surface area contributed by atoms with Gasteiger partial charge in [0.05, 0.1) is 36.4 Å². The third kappa shape index (κ3) is 4.48. The topological polar surface area (TPSA) is 71.8 Å². The van der Waals surface area contributed by atoms with Crippen LogP contribution in [0.15, 0.2) is 12.1 Å². The minimum Gasteiger partial charge on any atom is -0.442 e. The molecule has 0 saturated carbocycles. The van der Waals surface area contributed by atoms with Gasteiger partial charge in [-0.15, -0.1) is 0 Å². The lowest BCUT2D eigenvalue weighted by molar-refractivity contribution is 0.143. The second-order valence-corrected chi connectivity index (χ2v) is 7.35. The van der Waals surface area contributed by atoms with Crippen LogP contribution in [0.5, 0.6) is 0 Å². The molecule has 2 heterocycles. The van der Waals surface area contributed by atoms with Crippen LogP contribution in [-0.4, -0.2) is 67.9 Å². The highest BCUT2D eigenvalue weighted by Crippen LogP contribution is 2.31. The molecule has 3 rings (SSSR count). The molecule has 2 aliphatic rings. The van der Waals surface area contributed by atoms with Crippen molar-refractivity contribution in [3.63, 3.8) is 0 Å². The van der Waals surface area contributed by atoms with Crippen molar-refractivity contribution < 1.29 is 18.3 Å². The minimum atomic E-state index is -0.729. The Kier molecular flexibility index (Phi) is 6.26. The molecular formula is C18H21F2N5O2S. The van der Waals surface area contributed by atoms with E-state index in [2.05, 4.69) is 11.4 Å². The van der Waals surface area contributed by atoms with Crippen LogP contribution in [0, 0.1) is 23.0 Å². The number of carbonyl (C=O) groups excluding carboxylic acids is 1. The summed E-state index contributed by atoms with van der Waals surface area (Å²) in [4.78, 5) is 17.4. The Hall–Kier alpha value is -2.51. The van der Waals surface area contributed by atoms with E-state index in [0.29, 0.717) is 44.3 Å². The first-order valence-electron chi connectivity index (χ1n) is 8.95. The molecule has 1 aromatic rings. The Labute approximate surface area is 167 Å². The Balaban J connectivity index is 1.71. The summed E-state index contributed by atoms with van der Waals surface area (Å²) in [7, 11) is 0. The summed E-state index contributed by atoms with van der Waals surface area (Å²) >= 11 is 4.93. The molecule has 7 nitrogen and oxygen atoms in total. The molecule has 1 atom stereocenters. The maximum Gasteiger partial charge on any atom is 0.414 e. The number of piperazine rings is 1. The molecule has 0 bridgehead atoms. The number of benzene rings is 1. The summed E-state index contributed by atoms with van der Waals surface area (Å²) in [6.07, 6.45) is -1.10. The van der Waals surface area contributed by atoms with Gasteiger partial charge in [0.1, 0.15) is 11.8 Å². The fourth-order valence-electron chi connectivity index (χ4n) is 3.34. The molecule has 0 unspecified atom stereocenters. The molecule has 1 N–H and O–H groups in total. The van der Waals surface area contributed by atoms with Crippen LogP contribution in [-0.2, 0) is 4.74 Å². The van der Waals surface area contributed by atoms with Gasteiger partial charge in [-0.2, -0.15) is 5.26 Å². The lowest BCUT2D eigenvalue weighted by Crippen LogP contribution is -2.47. The number of hydrogen-bond acceptors (Lipinski definition) is 6. The first kappa shape index (κ1) is 20.2. The van der Waals surface area contributed by atoms with Crippen LogP contribution in [0.1, 0.15) is 6.92 Å². The van der Waals surface area contributed by atoms with Gasteiger partial charge in [0, 0.05) is 38.3 Å². The fraction of sp³-hybridized carbons (Fsp3) is 0.500. The van der Waals surface area contributed by atoms with E-state index in [0.717, 1.165) is 12.1 Å². The Morgan fingerprint density at radius 3 is 2.54 bits per heavy atom. The zero-order valence-corrected chi connectivity index (χ0v) is 16.3. The van der Waals surface area contributed by atoms with Crippen LogP contribution < -0.4 is 15.1 Å². The Bertz CT molecular complexity index is 785. The number of nitrogens with one attached hydrogen (secondary N) is 1. The quantitative estimate of drug-likeness (QED) is 0.588. The highest BCUT2D eigenvalue weighted by Gasteiger charge is 2.33. The van der Waals surface area contributed by atoms with E-state index >= 15 is 0 Å². The van der Waals surface area contributed by atoms with Gasteiger partial charge in [-0.25, -0.2) is 13.6 Å². The van der Waals surface area contributed by atoms with Crippen molar-refractivity contribution in [2.75, 3.05) is 55.6 Å². The number of rotatable bonds is 5. The van der Waals surface area contributed by atoms with Gasteiger partial charge in [0.2, 0.25) is 0 Å². The number of carbonyl (C=O) groups is 1. The van der Waals surface area contributed by atoms with Crippen molar-refractivity contribution in [1.82, 2.24) is 10.2 Å². The molecule has 28 heavy (non-hydrogen) atoms. The maximum absolute atomic E-state index is 14.7. The second kappa shape index (κ2) is 8.67. The third-order valence-electron chi connectivity index (χ3n) is 4.75. The van der Waals surface area contributed by atoms with Crippen molar-refractivity contribution in [3.8, 4) is 6.07 Å². The number of hydrogen-bond donors (Lipinski definition) is 1. The number of amides is 1. The second-order valence-electron chi connectivity index (χ2n) is 6.73. The Morgan fingerprint density at radius 2 is 1.96 bits per heavy atom. The van der Waals surface area contributed by atoms with Crippen LogP contribution in [0.4, 0.5) is 25.0 Å². The van der Waals surface area contributed by atoms with Gasteiger partial charge in [-0.05, 0) is 6.92 Å². The number of ether oxygens (including phenoxy) is 1. The third-order valence-corrected chi connectivity index (χ3v) is 4.89. The summed E-state index contributed by atoms with van der Waals surface area (Å²) in [5.74, 6) is -1.46. The number of nitriles is 1. The molecule has 0 spiro atoms. The lowest BCUT2D eigenvalue weighted by atomic mass is 10.2. The van der Waals surface area contributed by atoms with Crippen LogP contribution >= 0.6 is 12.2 Å². The number of cyclic esters (lactones) is 1.